The molecule has 1 unspecified atom stereocenters. The van der Waals surface area contributed by atoms with Gasteiger partial charge < -0.3 is 15.0 Å². The summed E-state index contributed by atoms with van der Waals surface area (Å²) in [5.74, 6) is 1.12. The summed E-state index contributed by atoms with van der Waals surface area (Å²) in [6, 6.07) is 6.09. The maximum absolute atomic E-state index is 12.4. The SMILES string of the molecule is Cc1ccc2c(c1)C(NC(=O)CCCN1CCCC1=O)CC(C)(C)O2. The number of amides is 2. The standard InChI is InChI=1S/C20H28N2O3/c1-14-8-9-17-15(12-14)16(13-20(2,3)25-17)21-18(23)6-4-10-22-11-5-7-19(22)24/h8-9,12,16H,4-7,10-11,13H2,1-3H3,(H,21,23). The van der Waals surface area contributed by atoms with Gasteiger partial charge in [0, 0.05) is 37.9 Å². The molecule has 2 aliphatic heterocycles. The van der Waals surface area contributed by atoms with E-state index in [2.05, 4.69) is 11.4 Å². The quantitative estimate of drug-likeness (QED) is 0.893. The zero-order chi connectivity index (χ0) is 18.0. The number of hydrogen-bond acceptors (Lipinski definition) is 3. The average molecular weight is 344 g/mol. The number of ether oxygens (including phenoxy) is 1. The van der Waals surface area contributed by atoms with E-state index in [1.165, 1.54) is 0 Å². The fourth-order valence-corrected chi connectivity index (χ4v) is 3.74. The van der Waals surface area contributed by atoms with Crippen LogP contribution in [0.5, 0.6) is 5.75 Å². The topological polar surface area (TPSA) is 58.6 Å². The van der Waals surface area contributed by atoms with Crippen molar-refractivity contribution in [2.75, 3.05) is 13.1 Å². The van der Waals surface area contributed by atoms with Crippen molar-refractivity contribution in [3.05, 3.63) is 29.3 Å². The number of carbonyl (C=O) groups is 2. The van der Waals surface area contributed by atoms with Gasteiger partial charge in [-0.15, -0.1) is 0 Å². The summed E-state index contributed by atoms with van der Waals surface area (Å²) < 4.78 is 6.05. The van der Waals surface area contributed by atoms with Gasteiger partial charge in [0.2, 0.25) is 11.8 Å². The zero-order valence-corrected chi connectivity index (χ0v) is 15.4. The van der Waals surface area contributed by atoms with E-state index in [0.29, 0.717) is 25.8 Å². The number of likely N-dealkylation sites (tertiary alicyclic amines) is 1. The Morgan fingerprint density at radius 1 is 1.40 bits per heavy atom. The summed E-state index contributed by atoms with van der Waals surface area (Å²) in [6.45, 7) is 7.66. The van der Waals surface area contributed by atoms with Crippen LogP contribution in [0.25, 0.3) is 0 Å². The van der Waals surface area contributed by atoms with E-state index < -0.39 is 0 Å². The first kappa shape index (κ1) is 17.8. The Morgan fingerprint density at radius 2 is 2.20 bits per heavy atom. The fraction of sp³-hybridized carbons (Fsp3) is 0.600. The predicted molar refractivity (Wildman–Crippen MR) is 96.4 cm³/mol. The van der Waals surface area contributed by atoms with Gasteiger partial charge in [-0.3, -0.25) is 9.59 Å². The molecule has 5 heteroatoms. The van der Waals surface area contributed by atoms with Gasteiger partial charge in [0.05, 0.1) is 6.04 Å². The Labute approximate surface area is 149 Å². The second-order valence-corrected chi connectivity index (χ2v) is 7.82. The maximum atomic E-state index is 12.4. The van der Waals surface area contributed by atoms with E-state index in [0.717, 1.165) is 36.3 Å². The highest BCUT2D eigenvalue weighted by atomic mass is 16.5. The summed E-state index contributed by atoms with van der Waals surface area (Å²) in [5, 5.41) is 3.17. The average Bonchev–Trinajstić information content (AvgIpc) is 2.93. The van der Waals surface area contributed by atoms with E-state index in [1.807, 2.05) is 37.8 Å². The summed E-state index contributed by atoms with van der Waals surface area (Å²) in [4.78, 5) is 25.9. The first-order valence-electron chi connectivity index (χ1n) is 9.21. The van der Waals surface area contributed by atoms with Gasteiger partial charge in [-0.25, -0.2) is 0 Å². The molecule has 1 saturated heterocycles. The third-order valence-corrected chi connectivity index (χ3v) is 4.96. The van der Waals surface area contributed by atoms with Crippen LogP contribution in [0.2, 0.25) is 0 Å². The summed E-state index contributed by atoms with van der Waals surface area (Å²) in [5.41, 5.74) is 1.92. The van der Waals surface area contributed by atoms with E-state index in [9.17, 15) is 9.59 Å². The summed E-state index contributed by atoms with van der Waals surface area (Å²) in [7, 11) is 0. The highest BCUT2D eigenvalue weighted by Gasteiger charge is 2.34. The first-order valence-corrected chi connectivity index (χ1v) is 9.21. The van der Waals surface area contributed by atoms with Crippen LogP contribution in [0.1, 0.15) is 63.1 Å². The van der Waals surface area contributed by atoms with E-state index in [4.69, 9.17) is 4.74 Å². The highest BCUT2D eigenvalue weighted by molar-refractivity contribution is 5.78. The molecule has 1 aromatic carbocycles. The lowest BCUT2D eigenvalue weighted by Gasteiger charge is -2.38. The van der Waals surface area contributed by atoms with Crippen LogP contribution >= 0.6 is 0 Å². The van der Waals surface area contributed by atoms with Gasteiger partial charge in [-0.2, -0.15) is 0 Å². The molecule has 1 N–H and O–H groups in total. The second kappa shape index (κ2) is 7.06. The third-order valence-electron chi connectivity index (χ3n) is 4.96. The molecular weight excluding hydrogens is 316 g/mol. The van der Waals surface area contributed by atoms with E-state index >= 15 is 0 Å². The lowest BCUT2D eigenvalue weighted by Crippen LogP contribution is -2.41. The van der Waals surface area contributed by atoms with Crippen LogP contribution in [-0.2, 0) is 9.59 Å². The molecular formula is C20H28N2O3. The minimum atomic E-state index is -0.303. The van der Waals surface area contributed by atoms with Crippen LogP contribution in [0.3, 0.4) is 0 Å². The largest absolute Gasteiger partial charge is 0.487 e. The number of rotatable bonds is 5. The van der Waals surface area contributed by atoms with Crippen molar-refractivity contribution in [1.29, 1.82) is 0 Å². The molecule has 5 nitrogen and oxygen atoms in total. The normalized spacial score (nSPS) is 21.6. The highest BCUT2D eigenvalue weighted by Crippen LogP contribution is 2.39. The van der Waals surface area contributed by atoms with Gasteiger partial charge in [0.25, 0.3) is 0 Å². The molecule has 0 bridgehead atoms. The second-order valence-electron chi connectivity index (χ2n) is 7.82. The molecule has 0 spiro atoms. The van der Waals surface area contributed by atoms with E-state index in [1.54, 1.807) is 0 Å². The molecule has 136 valence electrons. The molecule has 0 aromatic heterocycles. The Morgan fingerprint density at radius 3 is 2.92 bits per heavy atom. The molecule has 1 fully saturated rings. The first-order chi connectivity index (χ1) is 11.8. The fourth-order valence-electron chi connectivity index (χ4n) is 3.74. The van der Waals surface area contributed by atoms with Crippen molar-refractivity contribution >= 4 is 11.8 Å². The number of nitrogens with one attached hydrogen (secondary N) is 1. The molecule has 1 atom stereocenters. The van der Waals surface area contributed by atoms with Gasteiger partial charge in [0.15, 0.2) is 0 Å². The molecule has 25 heavy (non-hydrogen) atoms. The summed E-state index contributed by atoms with van der Waals surface area (Å²) in [6.07, 6.45) is 3.51. The molecule has 2 amide bonds. The third kappa shape index (κ3) is 4.33. The van der Waals surface area contributed by atoms with Gasteiger partial charge in [-0.05, 0) is 39.7 Å². The van der Waals surface area contributed by atoms with Crippen LogP contribution in [0.4, 0.5) is 0 Å². The number of benzene rings is 1. The van der Waals surface area contributed by atoms with Crippen molar-refractivity contribution in [3.63, 3.8) is 0 Å². The molecule has 0 radical (unpaired) electrons. The number of carbonyl (C=O) groups excluding carboxylic acids is 2. The van der Waals surface area contributed by atoms with Crippen molar-refractivity contribution < 1.29 is 14.3 Å². The minimum absolute atomic E-state index is 0.0282. The molecule has 2 aliphatic rings. The molecule has 0 aliphatic carbocycles. The molecule has 3 rings (SSSR count). The number of hydrogen-bond donors (Lipinski definition) is 1. The number of fused-ring (bicyclic) bond motifs is 1. The molecule has 1 aromatic rings. The lowest BCUT2D eigenvalue weighted by molar-refractivity contribution is -0.128. The van der Waals surface area contributed by atoms with Crippen LogP contribution in [0, 0.1) is 6.92 Å². The van der Waals surface area contributed by atoms with Crippen molar-refractivity contribution in [3.8, 4) is 5.75 Å². The van der Waals surface area contributed by atoms with Crippen LogP contribution < -0.4 is 10.1 Å². The Bertz CT molecular complexity index is 669. The van der Waals surface area contributed by atoms with Crippen molar-refractivity contribution in [2.45, 2.75) is 64.5 Å². The Hall–Kier alpha value is -2.04. The van der Waals surface area contributed by atoms with Crippen molar-refractivity contribution in [1.82, 2.24) is 10.2 Å². The summed E-state index contributed by atoms with van der Waals surface area (Å²) >= 11 is 0. The van der Waals surface area contributed by atoms with Gasteiger partial charge >= 0.3 is 0 Å². The molecule has 2 heterocycles. The lowest BCUT2D eigenvalue weighted by atomic mass is 9.89. The monoisotopic (exact) mass is 344 g/mol. The van der Waals surface area contributed by atoms with Gasteiger partial charge in [0.1, 0.15) is 11.4 Å². The number of nitrogens with zero attached hydrogens (tertiary/aromatic N) is 1. The predicted octanol–water partition coefficient (Wildman–Crippen LogP) is 3.12. The zero-order valence-electron chi connectivity index (χ0n) is 15.4. The maximum Gasteiger partial charge on any atom is 0.222 e. The smallest absolute Gasteiger partial charge is 0.222 e. The number of aryl methyl sites for hydroxylation is 1. The van der Waals surface area contributed by atoms with E-state index in [-0.39, 0.29) is 23.5 Å². The van der Waals surface area contributed by atoms with Crippen molar-refractivity contribution in [2.24, 2.45) is 0 Å². The Balaban J connectivity index is 1.59. The van der Waals surface area contributed by atoms with Crippen LogP contribution in [-0.4, -0.2) is 35.4 Å². The van der Waals surface area contributed by atoms with Gasteiger partial charge in [-0.1, -0.05) is 17.7 Å². The minimum Gasteiger partial charge on any atom is -0.487 e. The Kier molecular flexibility index (Phi) is 5.02. The van der Waals surface area contributed by atoms with Crippen LogP contribution in [0.15, 0.2) is 18.2 Å². The molecule has 0 saturated carbocycles.